The molecule has 1 aliphatic carbocycles. The number of benzene rings is 1. The molecule has 3 aromatic heterocycles. The topological polar surface area (TPSA) is 56.7 Å². The second-order valence-corrected chi connectivity index (χ2v) is 14.7. The molecule has 0 bridgehead atoms. The van der Waals surface area contributed by atoms with Gasteiger partial charge in [0.15, 0.2) is 0 Å². The van der Waals surface area contributed by atoms with E-state index in [1.54, 1.807) is 4.88 Å². The van der Waals surface area contributed by atoms with Crippen LogP contribution >= 0.6 is 34.0 Å². The molecule has 4 unspecified atom stereocenters. The van der Waals surface area contributed by atoms with E-state index in [-0.39, 0.29) is 22.9 Å². The highest BCUT2D eigenvalue weighted by Crippen LogP contribution is 2.60. The molecule has 200 valence electrons. The molecule has 2 spiro atoms. The third-order valence-electron chi connectivity index (χ3n) is 9.76. The molecule has 3 N–H and O–H groups in total. The van der Waals surface area contributed by atoms with Gasteiger partial charge in [0.2, 0.25) is 0 Å². The number of aryl methyl sites for hydroxylation is 1. The zero-order valence-corrected chi connectivity index (χ0v) is 24.6. The lowest BCUT2D eigenvalue weighted by molar-refractivity contribution is 0.0653. The van der Waals surface area contributed by atoms with Crippen molar-refractivity contribution in [3.8, 4) is 5.75 Å². The van der Waals surface area contributed by atoms with Gasteiger partial charge in [0.1, 0.15) is 5.75 Å². The van der Waals surface area contributed by atoms with E-state index in [0.717, 1.165) is 57.3 Å². The molecule has 6 heterocycles. The molecule has 3 aliphatic heterocycles. The highest BCUT2D eigenvalue weighted by Gasteiger charge is 2.60. The predicted octanol–water partition coefficient (Wildman–Crippen LogP) is 6.51. The van der Waals surface area contributed by atoms with Gasteiger partial charge in [0.25, 0.3) is 0 Å². The SMILES string of the molecule is Cc1cc(C2CC3(CC4(NCCc5sccc54)C2C2=NCCc4sccc42)NCCc2sccc23)ccc1O. The van der Waals surface area contributed by atoms with E-state index in [9.17, 15) is 5.11 Å². The first-order valence-electron chi connectivity index (χ1n) is 14.1. The summed E-state index contributed by atoms with van der Waals surface area (Å²) in [4.78, 5) is 9.92. The number of aliphatic imine (C=N–C) groups is 1. The molecular formula is C32H33N3OS3. The van der Waals surface area contributed by atoms with Crippen LogP contribution in [0.3, 0.4) is 0 Å². The van der Waals surface area contributed by atoms with E-state index >= 15 is 0 Å². The van der Waals surface area contributed by atoms with Crippen molar-refractivity contribution in [2.24, 2.45) is 10.9 Å². The third kappa shape index (κ3) is 3.63. The summed E-state index contributed by atoms with van der Waals surface area (Å²) in [5.41, 5.74) is 7.55. The second-order valence-electron chi connectivity index (χ2n) is 11.7. The highest BCUT2D eigenvalue weighted by molar-refractivity contribution is 7.10. The maximum Gasteiger partial charge on any atom is 0.118 e. The largest absolute Gasteiger partial charge is 0.508 e. The Kier molecular flexibility index (Phi) is 5.73. The molecule has 1 saturated carbocycles. The van der Waals surface area contributed by atoms with E-state index in [1.807, 2.05) is 47.0 Å². The molecule has 1 aromatic carbocycles. The van der Waals surface area contributed by atoms with E-state index in [0.29, 0.717) is 5.75 Å². The van der Waals surface area contributed by atoms with Gasteiger partial charge in [-0.2, -0.15) is 0 Å². The molecule has 4 nitrogen and oxygen atoms in total. The monoisotopic (exact) mass is 571 g/mol. The van der Waals surface area contributed by atoms with E-state index in [2.05, 4.69) is 57.1 Å². The predicted molar refractivity (Wildman–Crippen MR) is 163 cm³/mol. The van der Waals surface area contributed by atoms with Gasteiger partial charge in [0, 0.05) is 63.4 Å². The standard InChI is InChI=1S/C32H33N3OS3/c1-19-16-20(2-3-25(19)36)22-17-31(23-8-14-38-27(23)5-11-34-31)18-32(24-9-15-39-28(24)6-12-35-32)29(22)30-21-7-13-37-26(21)4-10-33-30/h2-3,7-9,13-16,22,29,34-36H,4-6,10-12,17-18H2,1H3. The maximum absolute atomic E-state index is 10.5. The van der Waals surface area contributed by atoms with Crippen LogP contribution in [-0.2, 0) is 30.3 Å². The Bertz CT molecular complexity index is 1600. The summed E-state index contributed by atoms with van der Waals surface area (Å²) >= 11 is 5.73. The van der Waals surface area contributed by atoms with Crippen molar-refractivity contribution in [2.45, 2.75) is 56.0 Å². The Hall–Kier alpha value is -2.29. The Balaban J connectivity index is 1.41. The fraction of sp³-hybridized carbons (Fsp3) is 0.406. The first kappa shape index (κ1) is 24.5. The van der Waals surface area contributed by atoms with Gasteiger partial charge in [-0.3, -0.25) is 4.99 Å². The molecule has 4 atom stereocenters. The van der Waals surface area contributed by atoms with Crippen LogP contribution in [0.1, 0.15) is 61.2 Å². The normalized spacial score (nSPS) is 29.6. The molecular weight excluding hydrogens is 539 g/mol. The Morgan fingerprint density at radius 1 is 0.872 bits per heavy atom. The molecule has 0 radical (unpaired) electrons. The van der Waals surface area contributed by atoms with Crippen LogP contribution in [-0.4, -0.2) is 30.5 Å². The van der Waals surface area contributed by atoms with Crippen molar-refractivity contribution in [3.63, 3.8) is 0 Å². The van der Waals surface area contributed by atoms with Gasteiger partial charge in [-0.05, 0) is 101 Å². The molecule has 1 fully saturated rings. The summed E-state index contributed by atoms with van der Waals surface area (Å²) in [5, 5.41) is 25.7. The highest BCUT2D eigenvalue weighted by atomic mass is 32.1. The number of rotatable bonds is 2. The molecule has 0 saturated heterocycles. The molecule has 39 heavy (non-hydrogen) atoms. The smallest absolute Gasteiger partial charge is 0.118 e. The van der Waals surface area contributed by atoms with Gasteiger partial charge in [-0.1, -0.05) is 12.1 Å². The zero-order valence-electron chi connectivity index (χ0n) is 22.1. The summed E-state index contributed by atoms with van der Waals surface area (Å²) in [6, 6.07) is 13.5. The van der Waals surface area contributed by atoms with Crippen LogP contribution in [0.25, 0.3) is 0 Å². The lowest BCUT2D eigenvalue weighted by Gasteiger charge is -2.59. The number of phenolic OH excluding ortho intramolecular Hbond substituents is 1. The van der Waals surface area contributed by atoms with Crippen LogP contribution in [0.4, 0.5) is 0 Å². The summed E-state index contributed by atoms with van der Waals surface area (Å²) in [7, 11) is 0. The van der Waals surface area contributed by atoms with Gasteiger partial charge in [0.05, 0.1) is 5.54 Å². The maximum atomic E-state index is 10.5. The first-order valence-corrected chi connectivity index (χ1v) is 16.8. The number of fused-ring (bicyclic) bond motifs is 5. The summed E-state index contributed by atoms with van der Waals surface area (Å²) < 4.78 is 0. The Morgan fingerprint density at radius 2 is 1.62 bits per heavy atom. The van der Waals surface area contributed by atoms with E-state index < -0.39 is 0 Å². The minimum absolute atomic E-state index is 0.114. The van der Waals surface area contributed by atoms with Crippen molar-refractivity contribution in [1.29, 1.82) is 0 Å². The number of thiophene rings is 3. The number of hydrogen-bond donors (Lipinski definition) is 3. The molecule has 4 aliphatic rings. The zero-order chi connectivity index (χ0) is 26.2. The molecule has 7 heteroatoms. The lowest BCUT2D eigenvalue weighted by atomic mass is 9.52. The average Bonchev–Trinajstić information content (AvgIpc) is 3.71. The fourth-order valence-corrected chi connectivity index (χ4v) is 11.0. The number of aromatic hydroxyl groups is 1. The van der Waals surface area contributed by atoms with Crippen LogP contribution < -0.4 is 10.6 Å². The van der Waals surface area contributed by atoms with Crippen LogP contribution in [0.15, 0.2) is 57.5 Å². The van der Waals surface area contributed by atoms with Crippen molar-refractivity contribution < 1.29 is 5.11 Å². The van der Waals surface area contributed by atoms with Crippen molar-refractivity contribution in [1.82, 2.24) is 10.6 Å². The van der Waals surface area contributed by atoms with E-state index in [4.69, 9.17) is 4.99 Å². The van der Waals surface area contributed by atoms with Gasteiger partial charge >= 0.3 is 0 Å². The van der Waals surface area contributed by atoms with E-state index in [1.165, 1.54) is 37.7 Å². The fourth-order valence-electron chi connectivity index (χ4n) is 8.20. The van der Waals surface area contributed by atoms with Crippen molar-refractivity contribution in [3.05, 3.63) is 95.0 Å². The van der Waals surface area contributed by atoms with Gasteiger partial charge in [-0.15, -0.1) is 34.0 Å². The minimum Gasteiger partial charge on any atom is -0.508 e. The summed E-state index contributed by atoms with van der Waals surface area (Å²) in [6.07, 6.45) is 5.28. The second kappa shape index (κ2) is 9.11. The number of nitrogens with zero attached hydrogens (tertiary/aromatic N) is 1. The Morgan fingerprint density at radius 3 is 2.46 bits per heavy atom. The quantitative estimate of drug-likeness (QED) is 0.257. The average molecular weight is 572 g/mol. The minimum atomic E-state index is -0.235. The lowest BCUT2D eigenvalue weighted by Crippen LogP contribution is -2.66. The number of nitrogens with one attached hydrogen (secondary N) is 2. The van der Waals surface area contributed by atoms with Crippen LogP contribution in [0.2, 0.25) is 0 Å². The van der Waals surface area contributed by atoms with Crippen LogP contribution in [0.5, 0.6) is 5.75 Å². The van der Waals surface area contributed by atoms with Gasteiger partial charge < -0.3 is 15.7 Å². The number of phenols is 1. The summed E-state index contributed by atoms with van der Waals surface area (Å²) in [6.45, 7) is 4.90. The van der Waals surface area contributed by atoms with Crippen LogP contribution in [0, 0.1) is 12.8 Å². The summed E-state index contributed by atoms with van der Waals surface area (Å²) in [5.74, 6) is 0.803. The molecule has 0 amide bonds. The van der Waals surface area contributed by atoms with Crippen molar-refractivity contribution >= 4 is 39.7 Å². The molecule has 8 rings (SSSR count). The third-order valence-corrected chi connectivity index (χ3v) is 12.7. The molecule has 4 aromatic rings. The Labute approximate surface area is 241 Å². The first-order chi connectivity index (χ1) is 19.1. The van der Waals surface area contributed by atoms with Gasteiger partial charge in [-0.25, -0.2) is 0 Å². The van der Waals surface area contributed by atoms with Crippen molar-refractivity contribution in [2.75, 3.05) is 19.6 Å². The number of hydrogen-bond acceptors (Lipinski definition) is 7.